The van der Waals surface area contributed by atoms with Gasteiger partial charge in [0.1, 0.15) is 0 Å². The highest BCUT2D eigenvalue weighted by Crippen LogP contribution is 2.15. The first kappa shape index (κ1) is 18.9. The van der Waals surface area contributed by atoms with Crippen LogP contribution in [-0.4, -0.2) is 44.4 Å². The molecular weight excluding hydrogens is 286 g/mol. The van der Waals surface area contributed by atoms with E-state index in [1.807, 2.05) is 13.8 Å². The molecule has 0 amide bonds. The average molecular weight is 309 g/mol. The lowest BCUT2D eigenvalue weighted by atomic mass is 9.94. The molecule has 20 heavy (non-hydrogen) atoms. The van der Waals surface area contributed by atoms with Crippen molar-refractivity contribution in [2.75, 3.05) is 13.7 Å². The maximum absolute atomic E-state index is 11.8. The fourth-order valence-corrected chi connectivity index (χ4v) is 2.87. The molecule has 0 rings (SSSR count). The molecule has 118 valence electrons. The molecule has 0 saturated heterocycles. The molecule has 0 aromatic rings. The maximum atomic E-state index is 11.8. The molecule has 7 nitrogen and oxygen atoms in total. The molecule has 0 fully saturated rings. The van der Waals surface area contributed by atoms with E-state index in [4.69, 9.17) is 5.11 Å². The summed E-state index contributed by atoms with van der Waals surface area (Å²) in [4.78, 5) is 22.0. The van der Waals surface area contributed by atoms with Crippen LogP contribution in [0.4, 0.5) is 0 Å². The third-order valence-electron chi connectivity index (χ3n) is 2.84. The number of carboxylic acids is 1. The molecule has 0 aromatic carbocycles. The zero-order valence-electron chi connectivity index (χ0n) is 12.3. The van der Waals surface area contributed by atoms with Crippen molar-refractivity contribution < 1.29 is 27.9 Å². The molecule has 0 aliphatic rings. The molecule has 0 aliphatic heterocycles. The average Bonchev–Trinajstić information content (AvgIpc) is 2.32. The van der Waals surface area contributed by atoms with Gasteiger partial charge in [0, 0.05) is 13.0 Å². The maximum Gasteiger partial charge on any atom is 0.325 e. The van der Waals surface area contributed by atoms with Gasteiger partial charge in [-0.1, -0.05) is 13.8 Å². The van der Waals surface area contributed by atoms with E-state index in [0.717, 1.165) is 7.11 Å². The standard InChI is InChI=1S/C12H23NO6S/c1-8(2)5-10(6-11(14)15)7-13-20(17,18)9(3)12(16)19-4/h8-10,13H,5-7H2,1-4H3,(H,14,15)/t9?,10-/m0/s1. The Morgan fingerprint density at radius 2 is 1.80 bits per heavy atom. The predicted molar refractivity (Wildman–Crippen MR) is 73.6 cm³/mol. The van der Waals surface area contributed by atoms with Crippen LogP contribution in [0.1, 0.15) is 33.6 Å². The number of carbonyl (C=O) groups is 2. The van der Waals surface area contributed by atoms with Gasteiger partial charge in [-0.15, -0.1) is 0 Å². The van der Waals surface area contributed by atoms with Gasteiger partial charge in [-0.2, -0.15) is 0 Å². The zero-order valence-corrected chi connectivity index (χ0v) is 13.1. The minimum absolute atomic E-state index is 0.00581. The third-order valence-corrected chi connectivity index (χ3v) is 4.53. The van der Waals surface area contributed by atoms with Crippen molar-refractivity contribution in [3.05, 3.63) is 0 Å². The molecule has 8 heteroatoms. The van der Waals surface area contributed by atoms with E-state index in [-0.39, 0.29) is 24.8 Å². The van der Waals surface area contributed by atoms with Crippen molar-refractivity contribution in [3.8, 4) is 0 Å². The molecule has 0 heterocycles. The number of nitrogens with one attached hydrogen (secondary N) is 1. The van der Waals surface area contributed by atoms with Gasteiger partial charge in [-0.05, 0) is 25.2 Å². The molecule has 1 unspecified atom stereocenters. The van der Waals surface area contributed by atoms with Gasteiger partial charge >= 0.3 is 11.9 Å². The van der Waals surface area contributed by atoms with Crippen LogP contribution >= 0.6 is 0 Å². The number of methoxy groups -OCH3 is 1. The number of hydrogen-bond donors (Lipinski definition) is 2. The Balaban J connectivity index is 4.67. The molecular formula is C12H23NO6S. The summed E-state index contributed by atoms with van der Waals surface area (Å²) in [5, 5.41) is 7.49. The number of esters is 1. The molecule has 0 aliphatic carbocycles. The summed E-state index contributed by atoms with van der Waals surface area (Å²) in [7, 11) is -2.74. The van der Waals surface area contributed by atoms with Gasteiger partial charge in [0.05, 0.1) is 7.11 Å². The van der Waals surface area contributed by atoms with Gasteiger partial charge in [0.15, 0.2) is 5.25 Å². The summed E-state index contributed by atoms with van der Waals surface area (Å²) in [5.41, 5.74) is 0. The van der Waals surface area contributed by atoms with Gasteiger partial charge in [0.2, 0.25) is 10.0 Å². The van der Waals surface area contributed by atoms with Crippen LogP contribution in [0, 0.1) is 11.8 Å². The largest absolute Gasteiger partial charge is 0.481 e. The van der Waals surface area contributed by atoms with Crippen molar-refractivity contribution in [3.63, 3.8) is 0 Å². The fourth-order valence-electron chi connectivity index (χ4n) is 1.80. The molecule has 0 radical (unpaired) electrons. The van der Waals surface area contributed by atoms with E-state index >= 15 is 0 Å². The summed E-state index contributed by atoms with van der Waals surface area (Å²) in [6.45, 7) is 5.08. The second-order valence-electron chi connectivity index (χ2n) is 5.15. The van der Waals surface area contributed by atoms with Crippen LogP contribution in [-0.2, 0) is 24.3 Å². The van der Waals surface area contributed by atoms with Gasteiger partial charge in [-0.3, -0.25) is 9.59 Å². The highest BCUT2D eigenvalue weighted by atomic mass is 32.2. The van der Waals surface area contributed by atoms with Gasteiger partial charge in [-0.25, -0.2) is 13.1 Å². The van der Waals surface area contributed by atoms with Crippen LogP contribution in [0.25, 0.3) is 0 Å². The molecule has 2 atom stereocenters. The first-order chi connectivity index (χ1) is 9.10. The van der Waals surface area contributed by atoms with Gasteiger partial charge < -0.3 is 9.84 Å². The van der Waals surface area contributed by atoms with Crippen molar-refractivity contribution in [1.82, 2.24) is 4.72 Å². The molecule has 2 N–H and O–H groups in total. The van der Waals surface area contributed by atoms with E-state index in [1.165, 1.54) is 6.92 Å². The zero-order chi connectivity index (χ0) is 15.9. The Hall–Kier alpha value is -1.15. The number of aliphatic carboxylic acids is 1. The highest BCUT2D eigenvalue weighted by Gasteiger charge is 2.29. The van der Waals surface area contributed by atoms with Crippen molar-refractivity contribution in [2.45, 2.75) is 38.9 Å². The summed E-state index contributed by atoms with van der Waals surface area (Å²) < 4.78 is 30.4. The molecule has 0 aromatic heterocycles. The second-order valence-corrected chi connectivity index (χ2v) is 7.24. The predicted octanol–water partition coefficient (Wildman–Crippen LogP) is 0.604. The number of carbonyl (C=O) groups excluding carboxylic acids is 1. The van der Waals surface area contributed by atoms with E-state index in [1.54, 1.807) is 0 Å². The Morgan fingerprint density at radius 1 is 1.25 bits per heavy atom. The van der Waals surface area contributed by atoms with E-state index in [0.29, 0.717) is 6.42 Å². The van der Waals surface area contributed by atoms with Crippen molar-refractivity contribution in [1.29, 1.82) is 0 Å². The molecule has 0 spiro atoms. The second kappa shape index (κ2) is 8.21. The smallest absolute Gasteiger partial charge is 0.325 e. The lowest BCUT2D eigenvalue weighted by molar-refractivity contribution is -0.140. The number of sulfonamides is 1. The Labute approximate surface area is 119 Å². The van der Waals surface area contributed by atoms with Crippen LogP contribution < -0.4 is 4.72 Å². The quantitative estimate of drug-likeness (QED) is 0.604. The van der Waals surface area contributed by atoms with E-state index < -0.39 is 27.2 Å². The lowest BCUT2D eigenvalue weighted by Gasteiger charge is -2.19. The first-order valence-corrected chi connectivity index (χ1v) is 7.92. The van der Waals surface area contributed by atoms with Crippen LogP contribution in [0.3, 0.4) is 0 Å². The topological polar surface area (TPSA) is 110 Å². The Morgan fingerprint density at radius 3 is 2.20 bits per heavy atom. The summed E-state index contributed by atoms with van der Waals surface area (Å²) in [6.07, 6.45) is 0.467. The number of hydrogen-bond acceptors (Lipinski definition) is 5. The van der Waals surface area contributed by atoms with Gasteiger partial charge in [0.25, 0.3) is 0 Å². The molecule has 0 bridgehead atoms. The highest BCUT2D eigenvalue weighted by molar-refractivity contribution is 7.90. The first-order valence-electron chi connectivity index (χ1n) is 6.38. The minimum atomic E-state index is -3.86. The molecule has 0 saturated carbocycles. The van der Waals surface area contributed by atoms with Crippen LogP contribution in [0.2, 0.25) is 0 Å². The third kappa shape index (κ3) is 6.85. The van der Waals surface area contributed by atoms with Crippen molar-refractivity contribution in [2.24, 2.45) is 11.8 Å². The van der Waals surface area contributed by atoms with Crippen LogP contribution in [0.5, 0.6) is 0 Å². The monoisotopic (exact) mass is 309 g/mol. The van der Waals surface area contributed by atoms with E-state index in [2.05, 4.69) is 9.46 Å². The fraction of sp³-hybridized carbons (Fsp3) is 0.833. The number of carboxylic acid groups (broad SMARTS) is 1. The lowest BCUT2D eigenvalue weighted by Crippen LogP contribution is -2.40. The Kier molecular flexibility index (Phi) is 7.74. The summed E-state index contributed by atoms with van der Waals surface area (Å²) in [6, 6.07) is 0. The number of rotatable bonds is 9. The SMILES string of the molecule is COC(=O)C(C)S(=O)(=O)NC[C@H](CC(=O)O)CC(C)C. The summed E-state index contributed by atoms with van der Waals surface area (Å²) >= 11 is 0. The van der Waals surface area contributed by atoms with Crippen molar-refractivity contribution >= 4 is 22.0 Å². The summed E-state index contributed by atoms with van der Waals surface area (Å²) in [5.74, 6) is -1.89. The van der Waals surface area contributed by atoms with E-state index in [9.17, 15) is 18.0 Å². The van der Waals surface area contributed by atoms with Crippen LogP contribution in [0.15, 0.2) is 0 Å². The Bertz CT molecular complexity index is 431. The normalized spacial score (nSPS) is 14.8. The number of ether oxygens (including phenoxy) is 1. The minimum Gasteiger partial charge on any atom is -0.481 e.